The van der Waals surface area contributed by atoms with E-state index in [1.165, 1.54) is 12.8 Å². The Labute approximate surface area is 136 Å². The van der Waals surface area contributed by atoms with Crippen LogP contribution in [0.3, 0.4) is 0 Å². The van der Waals surface area contributed by atoms with Crippen LogP contribution in [-0.2, 0) is 6.54 Å². The molecule has 120 valence electrons. The van der Waals surface area contributed by atoms with E-state index in [0.29, 0.717) is 0 Å². The second-order valence-corrected chi connectivity index (χ2v) is 5.92. The molecule has 3 rings (SSSR count). The molecule has 0 fully saturated rings. The van der Waals surface area contributed by atoms with Gasteiger partial charge in [0.2, 0.25) is 0 Å². The molecule has 0 bridgehead atoms. The molecular formula is C18H23N5. The maximum atomic E-state index is 5.98. The molecule has 0 aliphatic heterocycles. The molecule has 2 N–H and O–H groups in total. The summed E-state index contributed by atoms with van der Waals surface area (Å²) in [5.74, 6) is 0. The van der Waals surface area contributed by atoms with Crippen LogP contribution >= 0.6 is 0 Å². The lowest BCUT2D eigenvalue weighted by molar-refractivity contribution is 0.316. The predicted molar refractivity (Wildman–Crippen MR) is 94.1 cm³/mol. The third kappa shape index (κ3) is 3.35. The van der Waals surface area contributed by atoms with E-state index in [1.54, 1.807) is 12.4 Å². The molecule has 0 radical (unpaired) electrons. The van der Waals surface area contributed by atoms with E-state index in [-0.39, 0.29) is 0 Å². The van der Waals surface area contributed by atoms with Gasteiger partial charge >= 0.3 is 0 Å². The van der Waals surface area contributed by atoms with Crippen molar-refractivity contribution in [3.8, 4) is 11.3 Å². The first kappa shape index (κ1) is 15.5. The lowest BCUT2D eigenvalue weighted by Crippen LogP contribution is -2.20. The van der Waals surface area contributed by atoms with Crippen molar-refractivity contribution in [2.24, 2.45) is 0 Å². The SMILES string of the molecule is CCCCN(C)Cc1c(-c2ccncc2)nc2ccc(N)cn12. The summed E-state index contributed by atoms with van der Waals surface area (Å²) in [5, 5.41) is 0. The summed E-state index contributed by atoms with van der Waals surface area (Å²) in [4.78, 5) is 11.2. The minimum atomic E-state index is 0.744. The van der Waals surface area contributed by atoms with Crippen LogP contribution in [-0.4, -0.2) is 32.9 Å². The van der Waals surface area contributed by atoms with Crippen LogP contribution in [0.25, 0.3) is 16.9 Å². The highest BCUT2D eigenvalue weighted by atomic mass is 15.1. The van der Waals surface area contributed by atoms with Crippen molar-refractivity contribution in [3.05, 3.63) is 48.5 Å². The molecule has 5 nitrogen and oxygen atoms in total. The summed E-state index contributed by atoms with van der Waals surface area (Å²) < 4.78 is 2.10. The number of imidazole rings is 1. The number of nitrogens with two attached hydrogens (primary N) is 1. The van der Waals surface area contributed by atoms with Gasteiger partial charge in [-0.3, -0.25) is 4.98 Å². The summed E-state index contributed by atoms with van der Waals surface area (Å²) in [7, 11) is 2.15. The van der Waals surface area contributed by atoms with E-state index >= 15 is 0 Å². The summed E-state index contributed by atoms with van der Waals surface area (Å²) in [6, 6.07) is 7.86. The van der Waals surface area contributed by atoms with Gasteiger partial charge in [0.15, 0.2) is 0 Å². The maximum Gasteiger partial charge on any atom is 0.137 e. The Morgan fingerprint density at radius 3 is 2.70 bits per heavy atom. The smallest absolute Gasteiger partial charge is 0.137 e. The fourth-order valence-corrected chi connectivity index (χ4v) is 2.76. The number of aromatic nitrogens is 3. The first-order valence-electron chi connectivity index (χ1n) is 8.04. The van der Waals surface area contributed by atoms with Gasteiger partial charge in [-0.25, -0.2) is 4.98 Å². The summed E-state index contributed by atoms with van der Waals surface area (Å²) >= 11 is 0. The quantitative estimate of drug-likeness (QED) is 0.759. The number of hydrogen-bond acceptors (Lipinski definition) is 4. The Bertz CT molecular complexity index is 779. The highest BCUT2D eigenvalue weighted by Gasteiger charge is 2.15. The van der Waals surface area contributed by atoms with Crippen molar-refractivity contribution in [1.82, 2.24) is 19.3 Å². The third-order valence-corrected chi connectivity index (χ3v) is 4.01. The molecule has 3 aromatic heterocycles. The fourth-order valence-electron chi connectivity index (χ4n) is 2.76. The Balaban J connectivity index is 2.06. The minimum absolute atomic E-state index is 0.744. The van der Waals surface area contributed by atoms with Crippen molar-refractivity contribution in [2.75, 3.05) is 19.3 Å². The molecule has 5 heteroatoms. The molecule has 0 aliphatic rings. The second-order valence-electron chi connectivity index (χ2n) is 5.92. The lowest BCUT2D eigenvalue weighted by Gasteiger charge is -2.17. The first-order chi connectivity index (χ1) is 11.2. The zero-order valence-electron chi connectivity index (χ0n) is 13.7. The number of unbranched alkanes of at least 4 members (excludes halogenated alkanes) is 1. The third-order valence-electron chi connectivity index (χ3n) is 4.01. The number of nitrogens with zero attached hydrogens (tertiary/aromatic N) is 4. The van der Waals surface area contributed by atoms with Gasteiger partial charge in [0.1, 0.15) is 5.65 Å². The zero-order valence-corrected chi connectivity index (χ0v) is 13.7. The highest BCUT2D eigenvalue weighted by molar-refractivity contribution is 5.67. The number of rotatable bonds is 6. The largest absolute Gasteiger partial charge is 0.398 e. The topological polar surface area (TPSA) is 59.5 Å². The molecule has 0 aromatic carbocycles. The van der Waals surface area contributed by atoms with E-state index in [9.17, 15) is 0 Å². The van der Waals surface area contributed by atoms with Crippen LogP contribution in [0.15, 0.2) is 42.9 Å². The fraction of sp³-hybridized carbons (Fsp3) is 0.333. The van der Waals surface area contributed by atoms with Crippen LogP contribution in [0.2, 0.25) is 0 Å². The zero-order chi connectivity index (χ0) is 16.2. The van der Waals surface area contributed by atoms with Crippen molar-refractivity contribution in [3.63, 3.8) is 0 Å². The predicted octanol–water partition coefficient (Wildman–Crippen LogP) is 3.21. The number of fused-ring (bicyclic) bond motifs is 1. The van der Waals surface area contributed by atoms with Crippen molar-refractivity contribution < 1.29 is 0 Å². The van der Waals surface area contributed by atoms with Gasteiger partial charge in [-0.05, 0) is 44.3 Å². The molecule has 0 saturated heterocycles. The molecule has 0 amide bonds. The van der Waals surface area contributed by atoms with Gasteiger partial charge in [0.05, 0.1) is 11.4 Å². The van der Waals surface area contributed by atoms with Gasteiger partial charge < -0.3 is 15.0 Å². The van der Waals surface area contributed by atoms with Crippen LogP contribution < -0.4 is 5.73 Å². The average Bonchev–Trinajstić information content (AvgIpc) is 2.91. The normalized spacial score (nSPS) is 11.4. The molecule has 3 heterocycles. The summed E-state index contributed by atoms with van der Waals surface area (Å²) in [6.45, 7) is 4.12. The van der Waals surface area contributed by atoms with Crippen LogP contribution in [0.1, 0.15) is 25.5 Å². The minimum Gasteiger partial charge on any atom is -0.398 e. The Kier molecular flexibility index (Phi) is 4.57. The van der Waals surface area contributed by atoms with Crippen LogP contribution in [0.5, 0.6) is 0 Å². The molecule has 3 aromatic rings. The van der Waals surface area contributed by atoms with Crippen LogP contribution in [0.4, 0.5) is 5.69 Å². The van der Waals surface area contributed by atoms with E-state index in [4.69, 9.17) is 10.7 Å². The Morgan fingerprint density at radius 1 is 1.17 bits per heavy atom. The van der Waals surface area contributed by atoms with E-state index in [0.717, 1.165) is 41.4 Å². The Morgan fingerprint density at radius 2 is 1.96 bits per heavy atom. The van der Waals surface area contributed by atoms with Gasteiger partial charge in [0.25, 0.3) is 0 Å². The average molecular weight is 309 g/mol. The van der Waals surface area contributed by atoms with Crippen molar-refractivity contribution >= 4 is 11.3 Å². The Hall–Kier alpha value is -2.40. The number of hydrogen-bond donors (Lipinski definition) is 1. The van der Waals surface area contributed by atoms with Crippen molar-refractivity contribution in [1.29, 1.82) is 0 Å². The first-order valence-corrected chi connectivity index (χ1v) is 8.04. The molecule has 0 unspecified atom stereocenters. The standard InChI is InChI=1S/C18H23N5/c1-3-4-11-22(2)13-16-18(14-7-9-20-10-8-14)21-17-6-5-15(19)12-23(16)17/h5-10,12H,3-4,11,13,19H2,1-2H3. The van der Waals surface area contributed by atoms with E-state index in [1.807, 2.05) is 30.5 Å². The molecule has 0 saturated carbocycles. The second kappa shape index (κ2) is 6.79. The van der Waals surface area contributed by atoms with Gasteiger partial charge in [-0.2, -0.15) is 0 Å². The van der Waals surface area contributed by atoms with E-state index in [2.05, 4.69) is 28.3 Å². The highest BCUT2D eigenvalue weighted by Crippen LogP contribution is 2.25. The monoisotopic (exact) mass is 309 g/mol. The van der Waals surface area contributed by atoms with Gasteiger partial charge in [-0.15, -0.1) is 0 Å². The molecular weight excluding hydrogens is 286 g/mol. The molecule has 23 heavy (non-hydrogen) atoms. The van der Waals surface area contributed by atoms with Gasteiger partial charge in [0, 0.05) is 36.4 Å². The summed E-state index contributed by atoms with van der Waals surface area (Å²) in [5.41, 5.74) is 10.9. The van der Waals surface area contributed by atoms with Crippen molar-refractivity contribution in [2.45, 2.75) is 26.3 Å². The summed E-state index contributed by atoms with van der Waals surface area (Å²) in [6.07, 6.45) is 7.95. The molecule has 0 aliphatic carbocycles. The lowest BCUT2D eigenvalue weighted by atomic mass is 10.1. The molecule has 0 spiro atoms. The number of nitrogen functional groups attached to an aromatic ring is 1. The van der Waals surface area contributed by atoms with Crippen LogP contribution in [0, 0.1) is 0 Å². The molecule has 0 atom stereocenters. The van der Waals surface area contributed by atoms with E-state index < -0.39 is 0 Å². The number of pyridine rings is 2. The van der Waals surface area contributed by atoms with Gasteiger partial charge in [-0.1, -0.05) is 13.3 Å². The maximum absolute atomic E-state index is 5.98. The number of anilines is 1.